The number of phenolic OH excluding ortho intramolecular Hbond substituents is 3. The van der Waals surface area contributed by atoms with Gasteiger partial charge in [0.1, 0.15) is 34.7 Å². The van der Waals surface area contributed by atoms with E-state index in [0.717, 1.165) is 18.5 Å². The molecule has 0 aliphatic carbocycles. The fourth-order valence-electron chi connectivity index (χ4n) is 10.1. The third kappa shape index (κ3) is 10.4. The maximum atomic E-state index is 15.8. The number of nitrogens with one attached hydrogen (secondary N) is 1. The van der Waals surface area contributed by atoms with Gasteiger partial charge in [0.05, 0.1) is 77.3 Å². The van der Waals surface area contributed by atoms with Crippen LogP contribution in [0.3, 0.4) is 0 Å². The third-order valence-corrected chi connectivity index (χ3v) is 14.7. The first-order valence-electron chi connectivity index (χ1n) is 24.6. The van der Waals surface area contributed by atoms with Crippen molar-refractivity contribution in [2.45, 2.75) is 99.1 Å². The van der Waals surface area contributed by atoms with Crippen LogP contribution in [0, 0.1) is 36.4 Å². The number of piperazine rings is 1. The number of aromatic nitrogens is 1. The number of aryl methyl sites for hydroxylation is 1. The van der Waals surface area contributed by atoms with Crippen molar-refractivity contribution in [1.82, 2.24) is 9.58 Å². The minimum absolute atomic E-state index is 0.0170. The molecule has 75 heavy (non-hydrogen) atoms. The number of benzene rings is 3. The Hall–Kier alpha value is -7.49. The number of halogens is 1. The molecule has 7 N–H and O–H groups in total. The van der Waals surface area contributed by atoms with Gasteiger partial charge in [-0.15, -0.1) is 0 Å². The first-order valence-corrected chi connectivity index (χ1v) is 24.6. The zero-order chi connectivity index (χ0) is 55.1. The lowest BCUT2D eigenvalue weighted by molar-refractivity contribution is -0.160. The number of allylic oxidation sites excluding steroid dienone is 2. The van der Waals surface area contributed by atoms with Crippen LogP contribution in [-0.4, -0.2) is 134 Å². The number of carbonyl (C=O) groups excluding carboxylic acids is 3. The summed E-state index contributed by atoms with van der Waals surface area (Å²) in [6.07, 6.45) is 5.51. The van der Waals surface area contributed by atoms with E-state index in [-0.39, 0.29) is 76.3 Å². The first kappa shape index (κ1) is 55.3. The Kier molecular flexibility index (Phi) is 16.0. The fraction of sp³-hybridized carbons (Fsp3) is 0.444. The summed E-state index contributed by atoms with van der Waals surface area (Å²) in [5.41, 5.74) is -1.64. The molecule has 5 heterocycles. The van der Waals surface area contributed by atoms with Crippen LogP contribution in [0.1, 0.15) is 87.2 Å². The summed E-state index contributed by atoms with van der Waals surface area (Å²) in [4.78, 5) is 67.6. The number of aromatic carboxylic acids is 1. The van der Waals surface area contributed by atoms with E-state index in [1.807, 2.05) is 0 Å². The number of aromatic hydroxyl groups is 3. The van der Waals surface area contributed by atoms with Gasteiger partial charge in [-0.3, -0.25) is 24.2 Å². The zero-order valence-electron chi connectivity index (χ0n) is 43.4. The second-order valence-corrected chi connectivity index (χ2v) is 19.6. The number of hydrogen-bond acceptors (Lipinski definition) is 17. The summed E-state index contributed by atoms with van der Waals surface area (Å²) in [5, 5.41) is 76.9. The number of aliphatic hydroxyl groups excluding tert-OH is 2. The van der Waals surface area contributed by atoms with E-state index in [4.69, 9.17) is 18.9 Å². The van der Waals surface area contributed by atoms with E-state index in [9.17, 15) is 54.6 Å². The van der Waals surface area contributed by atoms with Crippen molar-refractivity contribution in [1.29, 1.82) is 0 Å². The molecule has 21 heteroatoms. The van der Waals surface area contributed by atoms with Crippen LogP contribution < -0.4 is 20.4 Å². The number of ketones is 1. The van der Waals surface area contributed by atoms with Crippen LogP contribution in [-0.2, 0) is 30.3 Å². The number of amides is 1. The lowest BCUT2D eigenvalue weighted by Gasteiger charge is -2.38. The molecule has 0 unspecified atom stereocenters. The molecule has 1 saturated heterocycles. The van der Waals surface area contributed by atoms with Crippen molar-refractivity contribution in [3.63, 3.8) is 0 Å². The number of rotatable bonds is 7. The molecule has 9 atom stereocenters. The molecule has 5 bridgehead atoms. The van der Waals surface area contributed by atoms with Crippen LogP contribution in [0.4, 0.5) is 15.8 Å². The fourth-order valence-corrected chi connectivity index (χ4v) is 10.1. The van der Waals surface area contributed by atoms with Gasteiger partial charge in [-0.2, -0.15) is 5.10 Å². The average Bonchev–Trinajstić information content (AvgIpc) is 3.64. The number of methoxy groups -OCH3 is 1. The zero-order valence-corrected chi connectivity index (χ0v) is 43.4. The Bertz CT molecular complexity index is 3140. The summed E-state index contributed by atoms with van der Waals surface area (Å²) < 4.78 is 41.0. The van der Waals surface area contributed by atoms with Gasteiger partial charge < -0.3 is 64.4 Å². The van der Waals surface area contributed by atoms with Crippen molar-refractivity contribution in [2.24, 2.45) is 28.8 Å². The molecule has 20 nitrogen and oxygen atoms in total. The van der Waals surface area contributed by atoms with Gasteiger partial charge in [0, 0.05) is 92.4 Å². The van der Waals surface area contributed by atoms with E-state index in [2.05, 4.69) is 10.4 Å². The molecule has 1 amide bonds. The molecule has 4 aliphatic rings. The second-order valence-electron chi connectivity index (χ2n) is 19.6. The molecular formula is C54H64FN5O15. The van der Waals surface area contributed by atoms with Crippen molar-refractivity contribution >= 4 is 62.9 Å². The smallest absolute Gasteiger partial charge is 0.341 e. The summed E-state index contributed by atoms with van der Waals surface area (Å²) in [6.45, 7) is 15.0. The van der Waals surface area contributed by atoms with E-state index < -0.39 is 117 Å². The number of carbonyl (C=O) groups is 4. The van der Waals surface area contributed by atoms with Gasteiger partial charge in [-0.05, 0) is 39.0 Å². The highest BCUT2D eigenvalue weighted by atomic mass is 19.1. The number of carboxylic acids is 1. The van der Waals surface area contributed by atoms with E-state index in [0.29, 0.717) is 12.1 Å². The molecule has 4 aliphatic heterocycles. The van der Waals surface area contributed by atoms with Crippen molar-refractivity contribution in [2.75, 3.05) is 43.5 Å². The number of fused-ring (bicyclic) bond motifs is 15. The number of hydrogen-bond donors (Lipinski definition) is 7. The van der Waals surface area contributed by atoms with E-state index in [1.54, 1.807) is 55.2 Å². The number of aliphatic hydroxyl groups is 2. The number of ether oxygens (including phenoxy) is 4. The van der Waals surface area contributed by atoms with E-state index >= 15 is 4.39 Å². The highest BCUT2D eigenvalue weighted by molar-refractivity contribution is 6.24. The van der Waals surface area contributed by atoms with E-state index in [1.165, 1.54) is 65.3 Å². The third-order valence-electron chi connectivity index (χ3n) is 14.7. The maximum Gasteiger partial charge on any atom is 0.341 e. The SMILES string of the molecule is CCn1cc(C(=O)O)c(=O)c2cc(F)c(N3CCN(/N=C/c4c5c(O)c6c(O)c(C)c7c(c6c4O)C(=O)[C@@](C)(O/C=C/[C@H](OC)[C@@H](C)[C@@H](OC(C)=O)[C@H](C)[C@H](O)[C@H](C)[C@@H](O)[C@H](C)/C=C/C=C(/C)C(=O)N5)O7)CC3)cc21. The minimum atomic E-state index is -2.14. The van der Waals surface area contributed by atoms with Gasteiger partial charge in [-0.1, -0.05) is 45.9 Å². The molecule has 4 aromatic rings. The van der Waals surface area contributed by atoms with Crippen LogP contribution in [0.15, 0.2) is 64.4 Å². The summed E-state index contributed by atoms with van der Waals surface area (Å²) in [5.74, 6) is -11.4. The maximum absolute atomic E-state index is 15.8. The number of Topliss-reactive ketones (excluding diaryl/α,β-unsaturated/α-hetero) is 1. The number of nitrogens with zero attached hydrogens (tertiary/aromatic N) is 4. The minimum Gasteiger partial charge on any atom is -0.507 e. The molecule has 3 aromatic carbocycles. The molecule has 1 fully saturated rings. The van der Waals surface area contributed by atoms with Crippen LogP contribution in [0.25, 0.3) is 21.7 Å². The lowest BCUT2D eigenvalue weighted by atomic mass is 9.78. The highest BCUT2D eigenvalue weighted by Gasteiger charge is 2.50. The molecule has 8 rings (SSSR count). The van der Waals surface area contributed by atoms with Crippen LogP contribution in [0.2, 0.25) is 0 Å². The predicted molar refractivity (Wildman–Crippen MR) is 276 cm³/mol. The second kappa shape index (κ2) is 21.8. The quantitative estimate of drug-likeness (QED) is 0.0478. The van der Waals surface area contributed by atoms with Crippen LogP contribution >= 0.6 is 0 Å². The summed E-state index contributed by atoms with van der Waals surface area (Å²) >= 11 is 0. The predicted octanol–water partition coefficient (Wildman–Crippen LogP) is 6.08. The topological polar surface area (TPSA) is 279 Å². The largest absolute Gasteiger partial charge is 0.507 e. The molecule has 1 aromatic heterocycles. The standard InChI is InChI=1S/C54H64FN5O15/c1-11-58-24-34(53(70)71)46(65)32-21-35(55)37(22-36(32)58)59-16-18-60(19-17-59)56-23-33-42-48(67)40-39(47(33)66)41-50(30(7)45(40)64)75-54(9,51(41)68)73-20-15-38(72-10)27(4)49(74-31(8)61)29(6)44(63)28(5)43(62)25(2)13-12-14-26(3)52(69)57-42/h12-15,20-25,27-29,38,43-44,49,62-64,66-67H,11,16-19H2,1-10H3,(H,57,69)(H,70,71)/b13-12+,20-15+,26-14-,56-23+/t25-,27-,28-,29-,38+,43+,44-,49-,54+/m1/s1. The Morgan fingerprint density at radius 2 is 1.63 bits per heavy atom. The Morgan fingerprint density at radius 3 is 2.25 bits per heavy atom. The van der Waals surface area contributed by atoms with Crippen molar-refractivity contribution in [3.8, 4) is 23.0 Å². The highest BCUT2D eigenvalue weighted by Crippen LogP contribution is 2.55. The molecule has 0 radical (unpaired) electrons. The van der Waals surface area contributed by atoms with Crippen LogP contribution in [0.5, 0.6) is 23.0 Å². The Labute approximate surface area is 431 Å². The Morgan fingerprint density at radius 1 is 0.947 bits per heavy atom. The van der Waals surface area contributed by atoms with Crippen molar-refractivity contribution < 1.29 is 73.2 Å². The molecule has 402 valence electrons. The number of pyridine rings is 1. The Balaban J connectivity index is 1.30. The number of carboxylic acid groups (broad SMARTS) is 1. The number of anilines is 2. The van der Waals surface area contributed by atoms with Gasteiger partial charge >= 0.3 is 17.7 Å². The molecular weight excluding hydrogens is 978 g/mol. The summed E-state index contributed by atoms with van der Waals surface area (Å²) in [6, 6.07) is 2.53. The number of phenols is 3. The first-order chi connectivity index (χ1) is 35.4. The van der Waals surface area contributed by atoms with Gasteiger partial charge in [0.25, 0.3) is 11.7 Å². The average molecular weight is 1040 g/mol. The van der Waals surface area contributed by atoms with Gasteiger partial charge in [-0.25, -0.2) is 9.18 Å². The normalized spacial score (nSPS) is 27.5. The number of esters is 1. The lowest BCUT2D eigenvalue weighted by Crippen LogP contribution is -2.46. The van der Waals surface area contributed by atoms with Gasteiger partial charge in [0.2, 0.25) is 5.43 Å². The molecule has 0 saturated carbocycles. The summed E-state index contributed by atoms with van der Waals surface area (Å²) in [7, 11) is 1.41. The van der Waals surface area contributed by atoms with Gasteiger partial charge in [0.15, 0.2) is 5.75 Å². The molecule has 0 spiro atoms. The monoisotopic (exact) mass is 1040 g/mol. The number of hydrazone groups is 1. The van der Waals surface area contributed by atoms with Crippen molar-refractivity contribution in [3.05, 3.63) is 92.8 Å².